The van der Waals surface area contributed by atoms with Gasteiger partial charge in [-0.1, -0.05) is 49.6 Å². The quantitative estimate of drug-likeness (QED) is 0.255. The van der Waals surface area contributed by atoms with Gasteiger partial charge in [0.2, 0.25) is 0 Å². The molecule has 0 aliphatic carbocycles. The van der Waals surface area contributed by atoms with Gasteiger partial charge in [0.15, 0.2) is 11.6 Å². The molecule has 0 fully saturated rings. The van der Waals surface area contributed by atoms with Crippen LogP contribution in [0.2, 0.25) is 0 Å². The van der Waals surface area contributed by atoms with Crippen molar-refractivity contribution in [1.82, 2.24) is 0 Å². The number of aryl methyl sites for hydroxylation is 2. The van der Waals surface area contributed by atoms with Crippen LogP contribution < -0.4 is 9.47 Å². The van der Waals surface area contributed by atoms with Crippen molar-refractivity contribution in [1.29, 1.82) is 0 Å². The molecule has 0 spiro atoms. The highest BCUT2D eigenvalue weighted by atomic mass is 19.3. The third-order valence-corrected chi connectivity index (χ3v) is 4.76. The number of alkyl halides is 2. The normalized spacial score (nSPS) is 11.4. The average Bonchev–Trinajstić information content (AvgIpc) is 2.73. The largest absolute Gasteiger partial charge is 0.454 e. The summed E-state index contributed by atoms with van der Waals surface area (Å²) in [6.45, 7) is 3.94. The number of unbranched alkanes of at least 4 members (excludes halogenated alkanes) is 2. The van der Waals surface area contributed by atoms with Crippen LogP contribution in [0.5, 0.6) is 17.2 Å². The molecule has 1 radical (unpaired) electrons. The molecule has 6 heteroatoms. The third kappa shape index (κ3) is 5.78. The van der Waals surface area contributed by atoms with E-state index < -0.39 is 29.1 Å². The van der Waals surface area contributed by atoms with Crippen LogP contribution in [0.3, 0.4) is 0 Å². The molecule has 0 aliphatic rings. The first-order chi connectivity index (χ1) is 14.8. The molecule has 0 heterocycles. The second kappa shape index (κ2) is 9.86. The summed E-state index contributed by atoms with van der Waals surface area (Å²) in [6, 6.07) is 15.4. The minimum atomic E-state index is -4.25. The molecule has 0 saturated heterocycles. The van der Waals surface area contributed by atoms with Crippen LogP contribution in [0.25, 0.3) is 0 Å². The minimum Gasteiger partial charge on any atom is -0.454 e. The predicted molar refractivity (Wildman–Crippen MR) is 111 cm³/mol. The zero-order chi connectivity index (χ0) is 22.4. The molecule has 0 N–H and O–H groups in total. The van der Waals surface area contributed by atoms with Crippen molar-refractivity contribution in [2.45, 2.75) is 45.6 Å². The molecule has 0 bridgehead atoms. The highest BCUT2D eigenvalue weighted by molar-refractivity contribution is 5.38. The van der Waals surface area contributed by atoms with Crippen molar-refractivity contribution in [3.05, 3.63) is 89.0 Å². The molecule has 0 saturated carbocycles. The zero-order valence-electron chi connectivity index (χ0n) is 17.4. The first kappa shape index (κ1) is 22.7. The standard InChI is InChI=1S/C25H23F4O2/c1-3-4-5-6-18-9-13-20(14-10-18)31-25(28,29)23-21(26)15-16-22(24(23)27)30-19-11-7-17(2)8-12-19/h7-15H,3-6H2,1-2H3. The van der Waals surface area contributed by atoms with E-state index in [0.717, 1.165) is 36.8 Å². The van der Waals surface area contributed by atoms with Crippen molar-refractivity contribution >= 4 is 0 Å². The highest BCUT2D eigenvalue weighted by Crippen LogP contribution is 2.38. The van der Waals surface area contributed by atoms with Crippen molar-refractivity contribution in [3.63, 3.8) is 0 Å². The Morgan fingerprint density at radius 2 is 1.55 bits per heavy atom. The number of hydrogen-bond acceptors (Lipinski definition) is 2. The molecule has 0 aliphatic heterocycles. The van der Waals surface area contributed by atoms with Gasteiger partial charge in [-0.05, 0) is 55.7 Å². The Morgan fingerprint density at radius 1 is 0.903 bits per heavy atom. The van der Waals surface area contributed by atoms with E-state index in [9.17, 15) is 17.6 Å². The van der Waals surface area contributed by atoms with Gasteiger partial charge in [0.1, 0.15) is 22.9 Å². The Labute approximate surface area is 179 Å². The lowest BCUT2D eigenvalue weighted by Crippen LogP contribution is -2.25. The number of halogens is 4. The number of rotatable bonds is 9. The lowest BCUT2D eigenvalue weighted by atomic mass is 10.1. The fraction of sp³-hybridized carbons (Fsp3) is 0.280. The highest BCUT2D eigenvalue weighted by Gasteiger charge is 2.42. The molecular formula is C25H23F4O2. The summed E-state index contributed by atoms with van der Waals surface area (Å²) in [7, 11) is 0. The molecule has 163 valence electrons. The van der Waals surface area contributed by atoms with E-state index >= 15 is 0 Å². The van der Waals surface area contributed by atoms with Gasteiger partial charge < -0.3 is 9.47 Å². The second-order valence-corrected chi connectivity index (χ2v) is 7.29. The number of benzene rings is 3. The van der Waals surface area contributed by atoms with Gasteiger partial charge >= 0.3 is 6.11 Å². The monoisotopic (exact) mass is 431 g/mol. The fourth-order valence-electron chi connectivity index (χ4n) is 3.05. The maximum Gasteiger partial charge on any atom is 0.432 e. The Kier molecular flexibility index (Phi) is 7.21. The molecule has 31 heavy (non-hydrogen) atoms. The van der Waals surface area contributed by atoms with Gasteiger partial charge in [0.05, 0.1) is 0 Å². The molecule has 0 amide bonds. The summed E-state index contributed by atoms with van der Waals surface area (Å²) < 4.78 is 68.3. The van der Waals surface area contributed by atoms with E-state index in [2.05, 4.69) is 17.7 Å². The van der Waals surface area contributed by atoms with Crippen molar-refractivity contribution in [2.24, 2.45) is 0 Å². The molecule has 0 unspecified atom stereocenters. The van der Waals surface area contributed by atoms with E-state index in [-0.39, 0.29) is 11.5 Å². The van der Waals surface area contributed by atoms with Crippen LogP contribution in [0.15, 0.2) is 54.6 Å². The molecular weight excluding hydrogens is 408 g/mol. The van der Waals surface area contributed by atoms with Gasteiger partial charge in [0, 0.05) is 6.07 Å². The summed E-state index contributed by atoms with van der Waals surface area (Å²) in [5, 5.41) is 0. The minimum absolute atomic E-state index is 0.197. The van der Waals surface area contributed by atoms with E-state index in [0.29, 0.717) is 6.07 Å². The maximum atomic E-state index is 14.8. The van der Waals surface area contributed by atoms with Gasteiger partial charge in [-0.3, -0.25) is 0 Å². The Hall–Kier alpha value is -3.02. The second-order valence-electron chi connectivity index (χ2n) is 7.29. The molecule has 3 aromatic carbocycles. The van der Waals surface area contributed by atoms with Crippen LogP contribution in [-0.4, -0.2) is 0 Å². The summed E-state index contributed by atoms with van der Waals surface area (Å²) in [5.74, 6) is -3.68. The van der Waals surface area contributed by atoms with Crippen LogP contribution >= 0.6 is 0 Å². The first-order valence-corrected chi connectivity index (χ1v) is 10.1. The molecule has 3 rings (SSSR count). The number of ether oxygens (including phenoxy) is 2. The predicted octanol–water partition coefficient (Wildman–Crippen LogP) is 7.73. The van der Waals surface area contributed by atoms with Crippen molar-refractivity contribution in [2.75, 3.05) is 0 Å². The van der Waals surface area contributed by atoms with Gasteiger partial charge in [-0.2, -0.15) is 8.78 Å². The Balaban J connectivity index is 1.80. The first-order valence-electron chi connectivity index (χ1n) is 10.1. The Bertz CT molecular complexity index is 999. The van der Waals surface area contributed by atoms with Crippen LogP contribution in [0.4, 0.5) is 17.6 Å². The van der Waals surface area contributed by atoms with Gasteiger partial charge in [-0.15, -0.1) is 0 Å². The smallest absolute Gasteiger partial charge is 0.432 e. The van der Waals surface area contributed by atoms with Crippen molar-refractivity contribution in [3.8, 4) is 17.2 Å². The topological polar surface area (TPSA) is 18.5 Å². The summed E-state index contributed by atoms with van der Waals surface area (Å²) >= 11 is 0. The van der Waals surface area contributed by atoms with E-state index in [1.165, 1.54) is 12.1 Å². The fourth-order valence-corrected chi connectivity index (χ4v) is 3.05. The van der Waals surface area contributed by atoms with Crippen LogP contribution in [0.1, 0.15) is 42.9 Å². The lowest BCUT2D eigenvalue weighted by molar-refractivity contribution is -0.189. The van der Waals surface area contributed by atoms with Crippen molar-refractivity contribution < 1.29 is 27.0 Å². The number of hydrogen-bond donors (Lipinski definition) is 0. The summed E-state index contributed by atoms with van der Waals surface area (Å²) in [6.07, 6.45) is -0.282. The molecule has 0 atom stereocenters. The van der Waals surface area contributed by atoms with E-state index in [1.54, 1.807) is 36.4 Å². The maximum absolute atomic E-state index is 14.8. The summed E-state index contributed by atoms with van der Waals surface area (Å²) in [5.41, 5.74) is 0.387. The Morgan fingerprint density at radius 3 is 2.19 bits per heavy atom. The van der Waals surface area contributed by atoms with E-state index in [1.807, 2.05) is 6.92 Å². The van der Waals surface area contributed by atoms with Crippen LogP contribution in [0, 0.1) is 24.6 Å². The molecule has 3 aromatic rings. The van der Waals surface area contributed by atoms with Gasteiger partial charge in [-0.25, -0.2) is 8.78 Å². The van der Waals surface area contributed by atoms with Crippen LogP contribution in [-0.2, 0) is 12.5 Å². The zero-order valence-corrected chi connectivity index (χ0v) is 17.4. The lowest BCUT2D eigenvalue weighted by Gasteiger charge is -2.20. The summed E-state index contributed by atoms with van der Waals surface area (Å²) in [4.78, 5) is 0. The van der Waals surface area contributed by atoms with Gasteiger partial charge in [0.25, 0.3) is 0 Å². The molecule has 2 nitrogen and oxygen atoms in total. The molecule has 0 aromatic heterocycles. The SMILES string of the molecule is CCCCCc1ccc(OC(F)(F)c2c(F)c[c]c(Oc3ccc(C)cc3)c2F)cc1. The van der Waals surface area contributed by atoms with E-state index in [4.69, 9.17) is 4.74 Å². The third-order valence-electron chi connectivity index (χ3n) is 4.76. The average molecular weight is 431 g/mol.